The number of carbonyl (C=O) groups excluding carboxylic acids is 1. The van der Waals surface area contributed by atoms with E-state index in [9.17, 15) is 13.2 Å². The zero-order chi connectivity index (χ0) is 23.6. The zero-order valence-electron chi connectivity index (χ0n) is 17.4. The average Bonchev–Trinajstić information content (AvgIpc) is 3.14. The number of halogens is 3. The van der Waals surface area contributed by atoms with Crippen molar-refractivity contribution in [3.8, 4) is 0 Å². The molecule has 0 aliphatic carbocycles. The van der Waals surface area contributed by atoms with Gasteiger partial charge >= 0.3 is 0 Å². The summed E-state index contributed by atoms with van der Waals surface area (Å²) in [6, 6.07) is 13.6. The first kappa shape index (κ1) is 24.2. The second kappa shape index (κ2) is 10.1. The number of rotatable bonds is 6. The highest BCUT2D eigenvalue weighted by Gasteiger charge is 2.32. The first-order chi connectivity index (χ1) is 15.7. The van der Waals surface area contributed by atoms with E-state index < -0.39 is 10.0 Å². The highest BCUT2D eigenvalue weighted by molar-refractivity contribution is 9.10. The second-order valence-electron chi connectivity index (χ2n) is 7.74. The van der Waals surface area contributed by atoms with Crippen LogP contribution in [0.1, 0.15) is 18.4 Å². The molecular formula is C22H21BrCl2N4O3S. The number of sulfonamides is 1. The Morgan fingerprint density at radius 3 is 2.42 bits per heavy atom. The third-order valence-electron chi connectivity index (χ3n) is 5.52. The van der Waals surface area contributed by atoms with Gasteiger partial charge in [-0.25, -0.2) is 8.42 Å². The van der Waals surface area contributed by atoms with Gasteiger partial charge in [0.25, 0.3) is 0 Å². The van der Waals surface area contributed by atoms with Crippen molar-refractivity contribution >= 4 is 60.9 Å². The lowest BCUT2D eigenvalue weighted by Gasteiger charge is -2.30. The van der Waals surface area contributed by atoms with E-state index in [1.54, 1.807) is 23.0 Å². The summed E-state index contributed by atoms with van der Waals surface area (Å²) >= 11 is 15.5. The highest BCUT2D eigenvalue weighted by Crippen LogP contribution is 2.27. The minimum Gasteiger partial charge on any atom is -0.308 e. The van der Waals surface area contributed by atoms with Crippen LogP contribution in [0.3, 0.4) is 0 Å². The molecule has 1 amide bonds. The standard InChI is InChI=1S/C22H21BrCl2N4O3S/c23-19-14-28(13-16-3-1-2-4-20(16)25)27-21(19)26-22(30)15-9-11-29(12-10-15)33(31,32)18-7-5-17(24)6-8-18/h1-8,14-15H,9-13H2,(H,26,27,30). The number of nitrogens with zero attached hydrogens (tertiary/aromatic N) is 3. The number of hydrogen-bond acceptors (Lipinski definition) is 4. The number of aromatic nitrogens is 2. The van der Waals surface area contributed by atoms with Crippen molar-refractivity contribution in [3.05, 3.63) is 74.8 Å². The first-order valence-electron chi connectivity index (χ1n) is 10.3. The van der Waals surface area contributed by atoms with Crippen LogP contribution in [0.2, 0.25) is 10.0 Å². The summed E-state index contributed by atoms with van der Waals surface area (Å²) in [5.41, 5.74) is 0.918. The number of nitrogens with one attached hydrogen (secondary N) is 1. The number of hydrogen-bond donors (Lipinski definition) is 1. The molecule has 0 saturated carbocycles. The molecule has 2 aromatic carbocycles. The molecule has 33 heavy (non-hydrogen) atoms. The summed E-state index contributed by atoms with van der Waals surface area (Å²) in [5.74, 6) is -0.0622. The lowest BCUT2D eigenvalue weighted by molar-refractivity contribution is -0.120. The van der Waals surface area contributed by atoms with Gasteiger partial charge in [0.15, 0.2) is 5.82 Å². The lowest BCUT2D eigenvalue weighted by Crippen LogP contribution is -2.41. The number of carbonyl (C=O) groups is 1. The van der Waals surface area contributed by atoms with Crippen LogP contribution in [0.4, 0.5) is 5.82 Å². The smallest absolute Gasteiger partial charge is 0.243 e. The number of benzene rings is 2. The maximum Gasteiger partial charge on any atom is 0.243 e. The summed E-state index contributed by atoms with van der Waals surface area (Å²) in [5, 5.41) is 8.43. The largest absolute Gasteiger partial charge is 0.308 e. The molecule has 7 nitrogen and oxygen atoms in total. The van der Waals surface area contributed by atoms with Crippen molar-refractivity contribution in [1.82, 2.24) is 14.1 Å². The molecule has 2 heterocycles. The number of anilines is 1. The van der Waals surface area contributed by atoms with Crippen molar-refractivity contribution < 1.29 is 13.2 Å². The van der Waals surface area contributed by atoms with Crippen LogP contribution in [-0.4, -0.2) is 41.5 Å². The Morgan fingerprint density at radius 1 is 1.09 bits per heavy atom. The Balaban J connectivity index is 1.36. The fraction of sp³-hybridized carbons (Fsp3) is 0.273. The van der Waals surface area contributed by atoms with Gasteiger partial charge in [-0.2, -0.15) is 9.40 Å². The number of amides is 1. The molecule has 1 aliphatic heterocycles. The van der Waals surface area contributed by atoms with Crippen molar-refractivity contribution in [3.63, 3.8) is 0 Å². The molecule has 11 heteroatoms. The monoisotopic (exact) mass is 570 g/mol. The molecule has 4 rings (SSSR count). The minimum absolute atomic E-state index is 0.178. The quantitative estimate of drug-likeness (QED) is 0.449. The van der Waals surface area contributed by atoms with Crippen molar-refractivity contribution in [2.75, 3.05) is 18.4 Å². The molecule has 0 radical (unpaired) electrons. The van der Waals surface area contributed by atoms with Crippen molar-refractivity contribution in [2.24, 2.45) is 5.92 Å². The Morgan fingerprint density at radius 2 is 1.76 bits per heavy atom. The SMILES string of the molecule is O=C(Nc1nn(Cc2ccccc2Cl)cc1Br)C1CCN(S(=O)(=O)c2ccc(Cl)cc2)CC1. The van der Waals surface area contributed by atoms with Gasteiger partial charge in [-0.1, -0.05) is 41.4 Å². The molecule has 0 bridgehead atoms. The first-order valence-corrected chi connectivity index (χ1v) is 13.3. The maximum absolute atomic E-state index is 12.8. The van der Waals surface area contributed by atoms with E-state index in [0.717, 1.165) is 5.56 Å². The Kier molecular flexibility index (Phi) is 7.45. The van der Waals surface area contributed by atoms with E-state index in [1.165, 1.54) is 16.4 Å². The molecule has 1 saturated heterocycles. The summed E-state index contributed by atoms with van der Waals surface area (Å²) in [6.07, 6.45) is 2.63. The van der Waals surface area contributed by atoms with E-state index in [4.69, 9.17) is 23.2 Å². The van der Waals surface area contributed by atoms with Crippen LogP contribution in [0, 0.1) is 5.92 Å². The molecule has 1 aromatic heterocycles. The molecule has 0 unspecified atom stereocenters. The van der Waals surface area contributed by atoms with Crippen molar-refractivity contribution in [1.29, 1.82) is 0 Å². The molecule has 0 atom stereocenters. The third kappa shape index (κ3) is 5.60. The summed E-state index contributed by atoms with van der Waals surface area (Å²) < 4.78 is 29.4. The van der Waals surface area contributed by atoms with E-state index in [-0.39, 0.29) is 29.8 Å². The van der Waals surface area contributed by atoms with Gasteiger partial charge in [-0.15, -0.1) is 0 Å². The normalized spacial score (nSPS) is 15.5. The minimum atomic E-state index is -3.61. The molecule has 1 N–H and O–H groups in total. The van der Waals surface area contributed by atoms with Crippen LogP contribution in [0.15, 0.2) is 64.1 Å². The summed E-state index contributed by atoms with van der Waals surface area (Å²) in [7, 11) is -3.61. The van der Waals surface area contributed by atoms with Crippen LogP contribution < -0.4 is 5.32 Å². The molecular weight excluding hydrogens is 551 g/mol. The Hall–Kier alpha value is -1.91. The van der Waals surface area contributed by atoms with Crippen LogP contribution in [0.5, 0.6) is 0 Å². The van der Waals surface area contributed by atoms with Gasteiger partial charge in [-0.3, -0.25) is 9.48 Å². The lowest BCUT2D eigenvalue weighted by atomic mass is 9.97. The third-order valence-corrected chi connectivity index (χ3v) is 8.64. The molecule has 1 fully saturated rings. The topological polar surface area (TPSA) is 84.3 Å². The fourth-order valence-corrected chi connectivity index (χ4v) is 5.90. The molecule has 0 spiro atoms. The van der Waals surface area contributed by atoms with Gasteiger partial charge in [-0.05, 0) is 64.7 Å². The average molecular weight is 572 g/mol. The van der Waals surface area contributed by atoms with E-state index in [2.05, 4.69) is 26.3 Å². The van der Waals surface area contributed by atoms with Gasteiger partial charge in [0.1, 0.15) is 0 Å². The van der Waals surface area contributed by atoms with Gasteiger partial charge < -0.3 is 5.32 Å². The van der Waals surface area contributed by atoms with Crippen molar-refractivity contribution in [2.45, 2.75) is 24.3 Å². The van der Waals surface area contributed by atoms with Gasteiger partial charge in [0, 0.05) is 35.2 Å². The fourth-order valence-electron chi connectivity index (χ4n) is 3.70. The second-order valence-corrected chi connectivity index (χ2v) is 11.4. The van der Waals surface area contributed by atoms with Gasteiger partial charge in [0.05, 0.1) is 15.9 Å². The van der Waals surface area contributed by atoms with Crippen LogP contribution in [0.25, 0.3) is 0 Å². The van der Waals surface area contributed by atoms with E-state index in [1.807, 2.05) is 24.3 Å². The Labute approximate surface area is 210 Å². The molecule has 174 valence electrons. The number of piperidine rings is 1. The zero-order valence-corrected chi connectivity index (χ0v) is 21.3. The van der Waals surface area contributed by atoms with E-state index >= 15 is 0 Å². The van der Waals surface area contributed by atoms with Gasteiger partial charge in [0.2, 0.25) is 15.9 Å². The summed E-state index contributed by atoms with van der Waals surface area (Å²) in [4.78, 5) is 13.0. The maximum atomic E-state index is 12.8. The summed E-state index contributed by atoms with van der Waals surface area (Å²) in [6.45, 7) is 1.01. The molecule has 1 aliphatic rings. The van der Waals surface area contributed by atoms with E-state index in [0.29, 0.717) is 39.7 Å². The molecule has 3 aromatic rings. The van der Waals surface area contributed by atoms with Crippen LogP contribution in [-0.2, 0) is 21.4 Å². The predicted molar refractivity (Wildman–Crippen MR) is 132 cm³/mol. The highest BCUT2D eigenvalue weighted by atomic mass is 79.9. The predicted octanol–water partition coefficient (Wildman–Crippen LogP) is 5.04. The Bertz CT molecular complexity index is 1260. The van der Waals surface area contributed by atoms with Crippen LogP contribution >= 0.6 is 39.1 Å².